The number of piperidine rings is 1. The van der Waals surface area contributed by atoms with Crippen LogP contribution >= 0.6 is 11.8 Å². The standard InChI is InChI=1S/C30H37N7O4S/c1-39-18-40-16-19-11-20-17-41-26-24(4-8-33-29(26)37(20)14-19)42-25-13-34-28(23(15-38)35-25)36-9-5-30(6-10-36)12-22-21(27(30)31)3-2-7-32-22/h2-4,7-8,13,19-20,27,38H,5-6,9-12,14-18,31H2,1H3/t19-,20-,27-/m1/s1. The van der Waals surface area contributed by atoms with E-state index in [4.69, 9.17) is 29.9 Å². The van der Waals surface area contributed by atoms with E-state index in [9.17, 15) is 5.11 Å². The first kappa shape index (κ1) is 27.8. The van der Waals surface area contributed by atoms with Gasteiger partial charge in [0.25, 0.3) is 0 Å². The fraction of sp³-hybridized carbons (Fsp3) is 0.533. The maximum Gasteiger partial charge on any atom is 0.175 e. The van der Waals surface area contributed by atoms with E-state index in [0.717, 1.165) is 73.3 Å². The van der Waals surface area contributed by atoms with Crippen molar-refractivity contribution in [1.29, 1.82) is 0 Å². The minimum atomic E-state index is -0.180. The molecule has 2 saturated heterocycles. The van der Waals surface area contributed by atoms with E-state index in [1.54, 1.807) is 13.3 Å². The van der Waals surface area contributed by atoms with Crippen molar-refractivity contribution < 1.29 is 19.3 Å². The molecule has 12 heteroatoms. The minimum absolute atomic E-state index is 0.00440. The van der Waals surface area contributed by atoms with E-state index in [1.807, 2.05) is 24.5 Å². The van der Waals surface area contributed by atoms with E-state index >= 15 is 0 Å². The largest absolute Gasteiger partial charge is 0.486 e. The average Bonchev–Trinajstić information content (AvgIpc) is 3.56. The van der Waals surface area contributed by atoms with Crippen LogP contribution in [0.2, 0.25) is 0 Å². The van der Waals surface area contributed by atoms with Gasteiger partial charge >= 0.3 is 0 Å². The lowest BCUT2D eigenvalue weighted by Gasteiger charge is -2.42. The van der Waals surface area contributed by atoms with Crippen LogP contribution in [-0.2, 0) is 22.5 Å². The van der Waals surface area contributed by atoms with Gasteiger partial charge in [-0.1, -0.05) is 17.8 Å². The molecule has 0 unspecified atom stereocenters. The second kappa shape index (κ2) is 11.6. The van der Waals surface area contributed by atoms with Gasteiger partial charge in [-0.3, -0.25) is 4.98 Å². The SMILES string of the molecule is COCOC[C@@H]1C[C@@H]2COc3c(Sc4cnc(N5CCC6(CC5)Cc5ncccc5[C@H]6N)c(CO)n4)ccnc3N2C1. The van der Waals surface area contributed by atoms with Gasteiger partial charge in [-0.2, -0.15) is 0 Å². The molecule has 11 nitrogen and oxygen atoms in total. The number of anilines is 2. The molecule has 0 bridgehead atoms. The zero-order valence-electron chi connectivity index (χ0n) is 23.8. The number of rotatable bonds is 8. The number of pyridine rings is 2. The Hall–Kier alpha value is -3.03. The van der Waals surface area contributed by atoms with E-state index in [1.165, 1.54) is 17.3 Å². The Morgan fingerprint density at radius 2 is 2.05 bits per heavy atom. The summed E-state index contributed by atoms with van der Waals surface area (Å²) in [4.78, 5) is 24.4. The number of nitrogens with two attached hydrogens (primary N) is 1. The number of ether oxygens (including phenoxy) is 3. The fourth-order valence-corrected chi connectivity index (χ4v) is 7.97. The van der Waals surface area contributed by atoms with Gasteiger partial charge < -0.3 is 34.9 Å². The molecule has 4 aliphatic rings. The smallest absolute Gasteiger partial charge is 0.175 e. The molecule has 7 rings (SSSR count). The topological polar surface area (TPSA) is 132 Å². The highest BCUT2D eigenvalue weighted by Crippen LogP contribution is 2.50. The van der Waals surface area contributed by atoms with Gasteiger partial charge in [0.05, 0.1) is 30.3 Å². The number of fused-ring (bicyclic) bond motifs is 4. The predicted octanol–water partition coefficient (Wildman–Crippen LogP) is 2.96. The maximum absolute atomic E-state index is 10.3. The van der Waals surface area contributed by atoms with Crippen molar-refractivity contribution in [2.45, 2.75) is 54.3 Å². The van der Waals surface area contributed by atoms with Crippen molar-refractivity contribution in [2.75, 3.05) is 56.6 Å². The van der Waals surface area contributed by atoms with Crippen molar-refractivity contribution in [3.63, 3.8) is 0 Å². The Morgan fingerprint density at radius 3 is 2.86 bits per heavy atom. The lowest BCUT2D eigenvalue weighted by atomic mass is 9.73. The summed E-state index contributed by atoms with van der Waals surface area (Å²) < 4.78 is 16.9. The van der Waals surface area contributed by atoms with Crippen molar-refractivity contribution in [3.8, 4) is 5.75 Å². The Morgan fingerprint density at radius 1 is 1.17 bits per heavy atom. The van der Waals surface area contributed by atoms with Gasteiger partial charge in [0.1, 0.15) is 24.1 Å². The molecule has 3 aliphatic heterocycles. The predicted molar refractivity (Wildman–Crippen MR) is 158 cm³/mol. The molecule has 0 amide bonds. The van der Waals surface area contributed by atoms with E-state index in [2.05, 4.69) is 25.8 Å². The van der Waals surface area contributed by atoms with Crippen LogP contribution in [0.25, 0.3) is 0 Å². The zero-order chi connectivity index (χ0) is 28.7. The number of aromatic nitrogens is 4. The monoisotopic (exact) mass is 591 g/mol. The summed E-state index contributed by atoms with van der Waals surface area (Å²) in [5, 5.41) is 11.0. The Kier molecular flexibility index (Phi) is 7.65. The van der Waals surface area contributed by atoms with Crippen LogP contribution in [0, 0.1) is 11.3 Å². The highest BCUT2D eigenvalue weighted by Gasteiger charge is 2.47. The summed E-state index contributed by atoms with van der Waals surface area (Å²) >= 11 is 1.49. The van der Waals surface area contributed by atoms with Crippen LogP contribution < -0.4 is 20.3 Å². The summed E-state index contributed by atoms with van der Waals surface area (Å²) in [5.41, 5.74) is 9.67. The molecule has 0 radical (unpaired) electrons. The normalized spacial score (nSPS) is 23.9. The molecule has 42 heavy (non-hydrogen) atoms. The molecule has 3 N–H and O–H groups in total. The lowest BCUT2D eigenvalue weighted by Crippen LogP contribution is -2.45. The highest BCUT2D eigenvalue weighted by atomic mass is 32.2. The van der Waals surface area contributed by atoms with Gasteiger partial charge in [-0.15, -0.1) is 0 Å². The number of aliphatic hydroxyl groups excluding tert-OH is 1. The third-order valence-corrected chi connectivity index (χ3v) is 10.2. The molecule has 0 aromatic carbocycles. The first-order valence-corrected chi connectivity index (χ1v) is 15.4. The molecule has 1 aliphatic carbocycles. The van der Waals surface area contributed by atoms with Crippen LogP contribution in [0.15, 0.2) is 46.7 Å². The molecule has 0 saturated carbocycles. The number of hydrogen-bond donors (Lipinski definition) is 2. The van der Waals surface area contributed by atoms with E-state index in [0.29, 0.717) is 36.6 Å². The Labute approximate surface area is 249 Å². The molecule has 3 atom stereocenters. The zero-order valence-corrected chi connectivity index (χ0v) is 24.6. The summed E-state index contributed by atoms with van der Waals surface area (Å²) in [6, 6.07) is 6.34. The van der Waals surface area contributed by atoms with Gasteiger partial charge in [0.2, 0.25) is 0 Å². The van der Waals surface area contributed by atoms with Crippen LogP contribution in [0.4, 0.5) is 11.6 Å². The van der Waals surface area contributed by atoms with Gasteiger partial charge in [-0.25, -0.2) is 15.0 Å². The minimum Gasteiger partial charge on any atom is -0.486 e. The number of methoxy groups -OCH3 is 1. The van der Waals surface area contributed by atoms with Gasteiger partial charge in [-0.05, 0) is 48.8 Å². The van der Waals surface area contributed by atoms with E-state index in [-0.39, 0.29) is 24.1 Å². The van der Waals surface area contributed by atoms with Crippen LogP contribution in [-0.4, -0.2) is 77.8 Å². The van der Waals surface area contributed by atoms with Gasteiger partial charge in [0.15, 0.2) is 17.4 Å². The Bertz CT molecular complexity index is 1440. The van der Waals surface area contributed by atoms with Crippen LogP contribution in [0.5, 0.6) is 5.75 Å². The summed E-state index contributed by atoms with van der Waals surface area (Å²) in [6.07, 6.45) is 9.29. The summed E-state index contributed by atoms with van der Waals surface area (Å²) in [6.45, 7) is 3.90. The van der Waals surface area contributed by atoms with Crippen LogP contribution in [0.3, 0.4) is 0 Å². The van der Waals surface area contributed by atoms with Crippen molar-refractivity contribution in [1.82, 2.24) is 19.9 Å². The summed E-state index contributed by atoms with van der Waals surface area (Å²) in [5.74, 6) is 2.79. The van der Waals surface area contributed by atoms with Crippen molar-refractivity contribution >= 4 is 23.4 Å². The second-order valence-electron chi connectivity index (χ2n) is 11.7. The van der Waals surface area contributed by atoms with Crippen LogP contribution in [0.1, 0.15) is 42.3 Å². The fourth-order valence-electron chi connectivity index (χ4n) is 7.11. The molecule has 3 aromatic heterocycles. The average molecular weight is 592 g/mol. The molecular weight excluding hydrogens is 554 g/mol. The highest BCUT2D eigenvalue weighted by molar-refractivity contribution is 7.99. The summed E-state index contributed by atoms with van der Waals surface area (Å²) in [7, 11) is 1.64. The van der Waals surface area contributed by atoms with Gasteiger partial charge in [0, 0.05) is 56.8 Å². The first-order valence-electron chi connectivity index (χ1n) is 14.6. The molecule has 6 heterocycles. The molecule has 222 valence electrons. The molecular formula is C30H37N7O4S. The number of aliphatic hydroxyl groups is 1. The second-order valence-corrected chi connectivity index (χ2v) is 12.8. The number of hydrogen-bond acceptors (Lipinski definition) is 12. The van der Waals surface area contributed by atoms with Crippen molar-refractivity contribution in [2.24, 2.45) is 17.1 Å². The third kappa shape index (κ3) is 4.98. The third-order valence-electron chi connectivity index (χ3n) is 9.26. The maximum atomic E-state index is 10.3. The molecule has 1 spiro atoms. The molecule has 2 fully saturated rings. The molecule has 3 aromatic rings. The quantitative estimate of drug-likeness (QED) is 0.295. The Balaban J connectivity index is 1.04. The number of nitrogens with zero attached hydrogens (tertiary/aromatic N) is 6. The lowest BCUT2D eigenvalue weighted by molar-refractivity contribution is -0.0414. The first-order chi connectivity index (χ1) is 20.6. The van der Waals surface area contributed by atoms with Crippen molar-refractivity contribution in [3.05, 3.63) is 53.7 Å². The van der Waals surface area contributed by atoms with E-state index < -0.39 is 0 Å².